The molecule has 0 aromatic carbocycles. The second kappa shape index (κ2) is 5.57. The summed E-state index contributed by atoms with van der Waals surface area (Å²) >= 11 is 0. The van der Waals surface area contributed by atoms with Gasteiger partial charge in [-0.1, -0.05) is 13.8 Å². The molecule has 0 spiro atoms. The van der Waals surface area contributed by atoms with Crippen LogP contribution in [0.25, 0.3) is 0 Å². The number of hydrogen-bond acceptors (Lipinski definition) is 3. The van der Waals surface area contributed by atoms with Crippen LogP contribution in [0.5, 0.6) is 0 Å². The summed E-state index contributed by atoms with van der Waals surface area (Å²) in [6.07, 6.45) is 0.858. The molecule has 3 N–H and O–H groups in total. The van der Waals surface area contributed by atoms with E-state index in [1.54, 1.807) is 6.92 Å². The summed E-state index contributed by atoms with van der Waals surface area (Å²) in [5.74, 6) is 0.510. The molecule has 0 fully saturated rings. The third kappa shape index (κ3) is 5.23. The number of nitrogens with one attached hydrogen (secondary N) is 1. The van der Waals surface area contributed by atoms with E-state index in [0.29, 0.717) is 12.5 Å². The predicted molar refractivity (Wildman–Crippen MR) is 54.9 cm³/mol. The van der Waals surface area contributed by atoms with Crippen molar-refractivity contribution in [3.8, 4) is 0 Å². The average molecular weight is 208 g/mol. The Kier molecular flexibility index (Phi) is 5.51. The van der Waals surface area contributed by atoms with Crippen molar-refractivity contribution >= 4 is 10.0 Å². The SMILES string of the molecule is CC(C)CCNS(=O)(=O)C(C)CN. The van der Waals surface area contributed by atoms with E-state index in [0.717, 1.165) is 6.42 Å². The summed E-state index contributed by atoms with van der Waals surface area (Å²) in [4.78, 5) is 0. The summed E-state index contributed by atoms with van der Waals surface area (Å²) in [7, 11) is -3.18. The molecule has 80 valence electrons. The number of rotatable bonds is 6. The van der Waals surface area contributed by atoms with Crippen LogP contribution < -0.4 is 10.5 Å². The van der Waals surface area contributed by atoms with Crippen molar-refractivity contribution in [3.05, 3.63) is 0 Å². The lowest BCUT2D eigenvalue weighted by Gasteiger charge is -2.12. The molecule has 0 saturated carbocycles. The molecule has 0 aliphatic rings. The molecule has 0 rings (SSSR count). The molecule has 0 heterocycles. The van der Waals surface area contributed by atoms with Crippen LogP contribution in [0, 0.1) is 5.92 Å². The molecular formula is C8H20N2O2S. The molecule has 0 radical (unpaired) electrons. The van der Waals surface area contributed by atoms with E-state index in [9.17, 15) is 8.42 Å². The van der Waals surface area contributed by atoms with E-state index >= 15 is 0 Å². The zero-order chi connectivity index (χ0) is 10.5. The first-order valence-electron chi connectivity index (χ1n) is 4.58. The Morgan fingerprint density at radius 2 is 1.85 bits per heavy atom. The van der Waals surface area contributed by atoms with Crippen molar-refractivity contribution in [1.29, 1.82) is 0 Å². The van der Waals surface area contributed by atoms with Crippen LogP contribution in [-0.4, -0.2) is 26.8 Å². The first-order chi connectivity index (χ1) is 5.90. The average Bonchev–Trinajstić information content (AvgIpc) is 2.01. The smallest absolute Gasteiger partial charge is 0.215 e. The normalized spacial score (nSPS) is 14.8. The Morgan fingerprint density at radius 3 is 2.23 bits per heavy atom. The van der Waals surface area contributed by atoms with E-state index in [2.05, 4.69) is 18.6 Å². The largest absolute Gasteiger partial charge is 0.329 e. The highest BCUT2D eigenvalue weighted by atomic mass is 32.2. The Labute approximate surface area is 80.9 Å². The van der Waals surface area contributed by atoms with Crippen LogP contribution in [0.15, 0.2) is 0 Å². The minimum atomic E-state index is -3.18. The van der Waals surface area contributed by atoms with Gasteiger partial charge in [0, 0.05) is 13.1 Å². The highest BCUT2D eigenvalue weighted by Gasteiger charge is 2.17. The van der Waals surface area contributed by atoms with Crippen LogP contribution in [0.1, 0.15) is 27.2 Å². The van der Waals surface area contributed by atoms with Gasteiger partial charge < -0.3 is 5.73 Å². The van der Waals surface area contributed by atoms with Crippen molar-refractivity contribution in [2.75, 3.05) is 13.1 Å². The van der Waals surface area contributed by atoms with Crippen molar-refractivity contribution in [2.24, 2.45) is 11.7 Å². The molecule has 0 aromatic rings. The van der Waals surface area contributed by atoms with E-state index < -0.39 is 15.3 Å². The van der Waals surface area contributed by atoms with E-state index in [-0.39, 0.29) is 6.54 Å². The molecule has 0 aromatic heterocycles. The Bertz CT molecular complexity index is 224. The van der Waals surface area contributed by atoms with Gasteiger partial charge in [0.1, 0.15) is 0 Å². The quantitative estimate of drug-likeness (QED) is 0.659. The molecule has 4 nitrogen and oxygen atoms in total. The zero-order valence-electron chi connectivity index (χ0n) is 8.58. The summed E-state index contributed by atoms with van der Waals surface area (Å²) in [6.45, 7) is 6.39. The fourth-order valence-electron chi connectivity index (χ4n) is 0.759. The number of hydrogen-bond donors (Lipinski definition) is 2. The minimum Gasteiger partial charge on any atom is -0.329 e. The monoisotopic (exact) mass is 208 g/mol. The molecule has 13 heavy (non-hydrogen) atoms. The van der Waals surface area contributed by atoms with Gasteiger partial charge in [-0.3, -0.25) is 0 Å². The highest BCUT2D eigenvalue weighted by Crippen LogP contribution is 2.00. The number of nitrogens with two attached hydrogens (primary N) is 1. The van der Waals surface area contributed by atoms with Crippen LogP contribution in [-0.2, 0) is 10.0 Å². The first-order valence-corrected chi connectivity index (χ1v) is 6.13. The fourth-order valence-corrected chi connectivity index (χ4v) is 1.70. The van der Waals surface area contributed by atoms with Crippen LogP contribution in [0.3, 0.4) is 0 Å². The van der Waals surface area contributed by atoms with Gasteiger partial charge in [0.15, 0.2) is 0 Å². The molecule has 0 aliphatic heterocycles. The molecule has 1 unspecified atom stereocenters. The standard InChI is InChI=1S/C8H20N2O2S/c1-7(2)4-5-10-13(11,12)8(3)6-9/h7-8,10H,4-6,9H2,1-3H3. The van der Waals surface area contributed by atoms with Crippen molar-refractivity contribution in [2.45, 2.75) is 32.4 Å². The fraction of sp³-hybridized carbons (Fsp3) is 1.00. The van der Waals surface area contributed by atoms with E-state index in [1.807, 2.05) is 0 Å². The minimum absolute atomic E-state index is 0.164. The maximum absolute atomic E-state index is 11.4. The molecule has 0 saturated heterocycles. The van der Waals surface area contributed by atoms with Gasteiger partial charge in [-0.2, -0.15) is 0 Å². The van der Waals surface area contributed by atoms with Crippen molar-refractivity contribution in [3.63, 3.8) is 0 Å². The van der Waals surface area contributed by atoms with Gasteiger partial charge in [0.05, 0.1) is 5.25 Å². The van der Waals surface area contributed by atoms with Gasteiger partial charge in [0.25, 0.3) is 0 Å². The van der Waals surface area contributed by atoms with E-state index in [1.165, 1.54) is 0 Å². The topological polar surface area (TPSA) is 72.2 Å². The van der Waals surface area contributed by atoms with Gasteiger partial charge in [0.2, 0.25) is 10.0 Å². The lowest BCUT2D eigenvalue weighted by atomic mass is 10.1. The Morgan fingerprint density at radius 1 is 1.31 bits per heavy atom. The molecule has 0 amide bonds. The lowest BCUT2D eigenvalue weighted by Crippen LogP contribution is -2.37. The Balaban J connectivity index is 3.91. The van der Waals surface area contributed by atoms with Crippen molar-refractivity contribution in [1.82, 2.24) is 4.72 Å². The molecule has 0 aliphatic carbocycles. The van der Waals surface area contributed by atoms with Crippen LogP contribution in [0.2, 0.25) is 0 Å². The number of sulfonamides is 1. The van der Waals surface area contributed by atoms with E-state index in [4.69, 9.17) is 5.73 Å². The maximum atomic E-state index is 11.4. The first kappa shape index (κ1) is 12.9. The van der Waals surface area contributed by atoms with Gasteiger partial charge in [-0.25, -0.2) is 13.1 Å². The Hall–Kier alpha value is -0.130. The molecular weight excluding hydrogens is 188 g/mol. The highest BCUT2D eigenvalue weighted by molar-refractivity contribution is 7.90. The van der Waals surface area contributed by atoms with Gasteiger partial charge >= 0.3 is 0 Å². The van der Waals surface area contributed by atoms with Crippen LogP contribution in [0.4, 0.5) is 0 Å². The third-order valence-corrected chi connectivity index (χ3v) is 3.74. The second-order valence-electron chi connectivity index (χ2n) is 3.67. The second-order valence-corrected chi connectivity index (χ2v) is 5.85. The molecule has 0 bridgehead atoms. The summed E-state index contributed by atoms with van der Waals surface area (Å²) in [5.41, 5.74) is 5.27. The summed E-state index contributed by atoms with van der Waals surface area (Å²) in [5, 5.41) is -0.500. The summed E-state index contributed by atoms with van der Waals surface area (Å²) < 4.78 is 25.2. The summed E-state index contributed by atoms with van der Waals surface area (Å²) in [6, 6.07) is 0. The lowest BCUT2D eigenvalue weighted by molar-refractivity contribution is 0.544. The molecule has 1 atom stereocenters. The third-order valence-electron chi connectivity index (χ3n) is 1.89. The maximum Gasteiger partial charge on any atom is 0.215 e. The predicted octanol–water partition coefficient (Wildman–Crippen LogP) is 0.299. The van der Waals surface area contributed by atoms with Gasteiger partial charge in [-0.05, 0) is 19.3 Å². The van der Waals surface area contributed by atoms with Gasteiger partial charge in [-0.15, -0.1) is 0 Å². The molecule has 5 heteroatoms. The van der Waals surface area contributed by atoms with Crippen LogP contribution >= 0.6 is 0 Å². The zero-order valence-corrected chi connectivity index (χ0v) is 9.39. The van der Waals surface area contributed by atoms with Crippen molar-refractivity contribution < 1.29 is 8.42 Å².